The van der Waals surface area contributed by atoms with Gasteiger partial charge in [0.1, 0.15) is 11.4 Å². The third-order valence-electron chi connectivity index (χ3n) is 2.63. The average Bonchev–Trinajstić information content (AvgIpc) is 2.23. The van der Waals surface area contributed by atoms with Crippen LogP contribution < -0.4 is 15.8 Å². The van der Waals surface area contributed by atoms with Gasteiger partial charge < -0.3 is 10.6 Å². The van der Waals surface area contributed by atoms with Crippen molar-refractivity contribution >= 4 is 21.4 Å². The van der Waals surface area contributed by atoms with Gasteiger partial charge >= 0.3 is 6.18 Å². The number of hydrogen-bond donors (Lipinski definition) is 2. The van der Waals surface area contributed by atoms with Crippen molar-refractivity contribution in [1.29, 1.82) is 0 Å². The van der Waals surface area contributed by atoms with Gasteiger partial charge in [-0.05, 0) is 26.0 Å². The number of rotatable bonds is 4. The molecule has 1 rings (SSSR count). The summed E-state index contributed by atoms with van der Waals surface area (Å²) < 4.78 is 60.5. The third kappa shape index (κ3) is 4.01. The number of anilines is 2. The van der Waals surface area contributed by atoms with Gasteiger partial charge in [-0.15, -0.1) is 0 Å². The Morgan fingerprint density at radius 1 is 1.30 bits per heavy atom. The molecule has 0 aliphatic heterocycles. The summed E-state index contributed by atoms with van der Waals surface area (Å²) in [5, 5.41) is 4.98. The highest BCUT2D eigenvalue weighted by Crippen LogP contribution is 2.32. The van der Waals surface area contributed by atoms with Crippen molar-refractivity contribution in [2.24, 2.45) is 5.14 Å². The SMILES string of the molecule is CC(C)N(CC(F)(F)F)c1cccc(S(N)(=O)=O)c1N. The van der Waals surface area contributed by atoms with Crippen molar-refractivity contribution in [2.75, 3.05) is 17.2 Å². The molecule has 1 aromatic rings. The third-order valence-corrected chi connectivity index (χ3v) is 3.60. The van der Waals surface area contributed by atoms with E-state index < -0.39 is 28.8 Å². The Kier molecular flexibility index (Phi) is 4.55. The van der Waals surface area contributed by atoms with Crippen molar-refractivity contribution < 1.29 is 21.6 Å². The van der Waals surface area contributed by atoms with Crippen LogP contribution in [0, 0.1) is 0 Å². The van der Waals surface area contributed by atoms with Gasteiger partial charge in [0.2, 0.25) is 10.0 Å². The van der Waals surface area contributed by atoms with Gasteiger partial charge in [0, 0.05) is 6.04 Å². The van der Waals surface area contributed by atoms with Crippen LogP contribution in [0.1, 0.15) is 13.8 Å². The molecule has 0 saturated heterocycles. The van der Waals surface area contributed by atoms with Crippen molar-refractivity contribution in [3.63, 3.8) is 0 Å². The lowest BCUT2D eigenvalue weighted by Gasteiger charge is -2.31. The molecule has 0 spiro atoms. The van der Waals surface area contributed by atoms with Gasteiger partial charge in [-0.1, -0.05) is 6.07 Å². The zero-order chi connectivity index (χ0) is 15.7. The highest BCUT2D eigenvalue weighted by molar-refractivity contribution is 7.89. The van der Waals surface area contributed by atoms with Gasteiger partial charge in [0.05, 0.1) is 11.4 Å². The van der Waals surface area contributed by atoms with Crippen LogP contribution in [0.25, 0.3) is 0 Å². The Morgan fingerprint density at radius 3 is 2.25 bits per heavy atom. The lowest BCUT2D eigenvalue weighted by molar-refractivity contribution is -0.120. The number of halogens is 3. The number of alkyl halides is 3. The van der Waals surface area contributed by atoms with E-state index in [1.807, 2.05) is 0 Å². The molecular formula is C11H16F3N3O2S. The molecule has 0 bridgehead atoms. The summed E-state index contributed by atoms with van der Waals surface area (Å²) in [5.74, 6) is 0. The van der Waals surface area contributed by atoms with Crippen molar-refractivity contribution in [1.82, 2.24) is 0 Å². The van der Waals surface area contributed by atoms with Gasteiger partial charge in [0.25, 0.3) is 0 Å². The van der Waals surface area contributed by atoms with Crippen LogP contribution in [0.3, 0.4) is 0 Å². The number of nitrogens with two attached hydrogens (primary N) is 2. The molecular weight excluding hydrogens is 295 g/mol. The largest absolute Gasteiger partial charge is 0.405 e. The molecule has 4 N–H and O–H groups in total. The van der Waals surface area contributed by atoms with Gasteiger partial charge in [-0.3, -0.25) is 0 Å². The second kappa shape index (κ2) is 5.49. The summed E-state index contributed by atoms with van der Waals surface area (Å²) in [6.07, 6.45) is -4.44. The van der Waals surface area contributed by atoms with Crippen LogP contribution in [-0.4, -0.2) is 27.2 Å². The number of hydrogen-bond acceptors (Lipinski definition) is 4. The molecule has 114 valence electrons. The van der Waals surface area contributed by atoms with Crippen LogP contribution in [0.5, 0.6) is 0 Å². The zero-order valence-corrected chi connectivity index (χ0v) is 11.8. The van der Waals surface area contributed by atoms with Gasteiger partial charge in [0.15, 0.2) is 0 Å². The lowest BCUT2D eigenvalue weighted by Crippen LogP contribution is -2.39. The van der Waals surface area contributed by atoms with Crippen LogP contribution in [0.2, 0.25) is 0 Å². The fourth-order valence-electron chi connectivity index (χ4n) is 1.77. The molecule has 0 fully saturated rings. The Bertz CT molecular complexity index is 585. The van der Waals surface area contributed by atoms with E-state index in [-0.39, 0.29) is 16.3 Å². The Labute approximate surface area is 115 Å². The number of primary sulfonamides is 1. The maximum Gasteiger partial charge on any atom is 0.405 e. The van der Waals surface area contributed by atoms with Crippen LogP contribution in [0.15, 0.2) is 23.1 Å². The van der Waals surface area contributed by atoms with E-state index in [4.69, 9.17) is 10.9 Å². The molecule has 1 aromatic carbocycles. The molecule has 5 nitrogen and oxygen atoms in total. The topological polar surface area (TPSA) is 89.4 Å². The monoisotopic (exact) mass is 311 g/mol. The second-order valence-electron chi connectivity index (χ2n) is 4.57. The first kappa shape index (κ1) is 16.6. The highest BCUT2D eigenvalue weighted by Gasteiger charge is 2.33. The normalized spacial score (nSPS) is 12.8. The number of sulfonamides is 1. The Hall–Kier alpha value is -1.48. The minimum atomic E-state index is -4.44. The van der Waals surface area contributed by atoms with Gasteiger partial charge in [-0.25, -0.2) is 13.6 Å². The summed E-state index contributed by atoms with van der Waals surface area (Å²) in [6.45, 7) is 1.87. The molecule has 0 aliphatic carbocycles. The zero-order valence-electron chi connectivity index (χ0n) is 11.0. The number of benzene rings is 1. The van der Waals surface area contributed by atoms with Crippen LogP contribution in [0.4, 0.5) is 24.5 Å². The summed E-state index contributed by atoms with van der Waals surface area (Å²) in [4.78, 5) is 0.590. The standard InChI is InChI=1S/C11H16F3N3O2S/c1-7(2)17(6-11(12,13)14)8-4-3-5-9(10(8)15)20(16,18)19/h3-5,7H,6,15H2,1-2H3,(H2,16,18,19). The lowest BCUT2D eigenvalue weighted by atomic mass is 10.2. The molecule has 0 saturated carbocycles. The molecule has 0 radical (unpaired) electrons. The Morgan fingerprint density at radius 2 is 1.85 bits per heavy atom. The number of nitrogen functional groups attached to an aromatic ring is 1. The number of nitrogens with zero attached hydrogens (tertiary/aromatic N) is 1. The molecule has 0 atom stereocenters. The molecule has 20 heavy (non-hydrogen) atoms. The fraction of sp³-hybridized carbons (Fsp3) is 0.455. The van der Waals surface area contributed by atoms with E-state index in [0.717, 1.165) is 11.0 Å². The minimum Gasteiger partial charge on any atom is -0.396 e. The number of para-hydroxylation sites is 1. The molecule has 0 unspecified atom stereocenters. The molecule has 0 amide bonds. The highest BCUT2D eigenvalue weighted by atomic mass is 32.2. The van der Waals surface area contributed by atoms with Crippen molar-refractivity contribution in [2.45, 2.75) is 31.0 Å². The Balaban J connectivity index is 3.36. The second-order valence-corrected chi connectivity index (χ2v) is 6.10. The van der Waals surface area contributed by atoms with E-state index in [0.29, 0.717) is 0 Å². The quantitative estimate of drug-likeness (QED) is 0.828. The maximum absolute atomic E-state index is 12.6. The van der Waals surface area contributed by atoms with Crippen molar-refractivity contribution in [3.05, 3.63) is 18.2 Å². The first-order valence-corrected chi connectivity index (χ1v) is 7.23. The smallest absolute Gasteiger partial charge is 0.396 e. The first-order valence-electron chi connectivity index (χ1n) is 5.68. The summed E-state index contributed by atoms with van der Waals surface area (Å²) in [5.41, 5.74) is 5.36. The fourth-order valence-corrected chi connectivity index (χ4v) is 2.45. The molecule has 0 aromatic heterocycles. The maximum atomic E-state index is 12.6. The van der Waals surface area contributed by atoms with E-state index in [9.17, 15) is 21.6 Å². The minimum absolute atomic E-state index is 0.0103. The van der Waals surface area contributed by atoms with Crippen molar-refractivity contribution in [3.8, 4) is 0 Å². The molecule has 0 aliphatic rings. The first-order chi connectivity index (χ1) is 8.93. The molecule has 9 heteroatoms. The van der Waals surface area contributed by atoms with E-state index in [2.05, 4.69) is 0 Å². The predicted molar refractivity (Wildman–Crippen MR) is 70.8 cm³/mol. The molecule has 0 heterocycles. The van der Waals surface area contributed by atoms with Crippen LogP contribution in [-0.2, 0) is 10.0 Å². The van der Waals surface area contributed by atoms with Gasteiger partial charge in [-0.2, -0.15) is 13.2 Å². The van der Waals surface area contributed by atoms with Crippen LogP contribution >= 0.6 is 0 Å². The summed E-state index contributed by atoms with van der Waals surface area (Å²) in [7, 11) is -4.09. The summed E-state index contributed by atoms with van der Waals surface area (Å²) in [6, 6.07) is 3.27. The van der Waals surface area contributed by atoms with E-state index in [1.165, 1.54) is 12.1 Å². The predicted octanol–water partition coefficient (Wildman–Crippen LogP) is 1.69. The van der Waals surface area contributed by atoms with E-state index in [1.54, 1.807) is 13.8 Å². The average molecular weight is 311 g/mol. The summed E-state index contributed by atoms with van der Waals surface area (Å²) >= 11 is 0. The van der Waals surface area contributed by atoms with E-state index >= 15 is 0 Å².